The molecule has 8 aromatic rings. The van der Waals surface area contributed by atoms with E-state index in [1.807, 2.05) is 0 Å². The first-order valence-electron chi connectivity index (χ1n) is 30.9. The average molecular weight is 1190 g/mol. The maximum absolute atomic E-state index is 7.02. The molecular weight excluding hydrogens is 1100 g/mol. The van der Waals surface area contributed by atoms with Gasteiger partial charge >= 0.3 is 0 Å². The molecule has 16 nitrogen and oxygen atoms in total. The van der Waals surface area contributed by atoms with Gasteiger partial charge in [0.2, 0.25) is 27.2 Å². The molecule has 5 aliphatic rings. The Hall–Kier alpha value is -8.16. The van der Waals surface area contributed by atoms with Gasteiger partial charge in [0.05, 0.1) is 22.3 Å². The molecule has 16 heteroatoms. The van der Waals surface area contributed by atoms with Crippen molar-refractivity contribution < 1.29 is 37.9 Å². The minimum atomic E-state index is -0.270. The van der Waals surface area contributed by atoms with Crippen molar-refractivity contribution in [3.8, 4) is 46.0 Å². The number of benzene rings is 8. The maximum Gasteiger partial charge on any atom is 0.230 e. The molecule has 1 aliphatic carbocycles. The summed E-state index contributed by atoms with van der Waals surface area (Å²) in [6.07, 6.45) is 0. The summed E-state index contributed by atoms with van der Waals surface area (Å²) in [5, 5.41) is 15.1. The highest BCUT2D eigenvalue weighted by atomic mass is 16.7. The SMILES string of the molecule is CC1c2cc3c4c(CNCc5cccc(CN)c5)c2OCOc2c1cc1c(c2CNCc2cccc(CN)c2)OCOc2c(cc5c(c2CNCc2cccc(CN)c2)OCOc2c(cc(c(c2CNCc2cccc(CN)c2)OCO4)C3C)C5C)C1C. The van der Waals surface area contributed by atoms with Crippen LogP contribution < -0.4 is 82.1 Å². The van der Waals surface area contributed by atoms with E-state index in [2.05, 4.69) is 170 Å². The molecule has 0 spiro atoms. The van der Waals surface area contributed by atoms with Crippen LogP contribution >= 0.6 is 0 Å². The summed E-state index contributed by atoms with van der Waals surface area (Å²) >= 11 is 0. The maximum atomic E-state index is 7.02. The van der Waals surface area contributed by atoms with E-state index >= 15 is 0 Å². The van der Waals surface area contributed by atoms with E-state index in [1.165, 1.54) is 0 Å². The van der Waals surface area contributed by atoms with E-state index in [0.29, 0.717) is 125 Å². The van der Waals surface area contributed by atoms with E-state index < -0.39 is 0 Å². The van der Waals surface area contributed by atoms with Crippen LogP contribution in [0.5, 0.6) is 46.0 Å². The van der Waals surface area contributed by atoms with Crippen molar-refractivity contribution in [3.63, 3.8) is 0 Å². The fourth-order valence-electron chi connectivity index (χ4n) is 13.6. The lowest BCUT2D eigenvalue weighted by Crippen LogP contribution is -2.26. The molecule has 13 rings (SSSR count). The topological polar surface area (TPSA) is 226 Å². The predicted molar refractivity (Wildman–Crippen MR) is 340 cm³/mol. The van der Waals surface area contributed by atoms with Crippen LogP contribution in [0.25, 0.3) is 0 Å². The van der Waals surface area contributed by atoms with Crippen LogP contribution in [0.4, 0.5) is 0 Å². The summed E-state index contributed by atoms with van der Waals surface area (Å²) in [7, 11) is 0. The zero-order valence-corrected chi connectivity index (χ0v) is 50.7. The zero-order chi connectivity index (χ0) is 60.4. The van der Waals surface area contributed by atoms with Crippen molar-refractivity contribution in [2.75, 3.05) is 27.2 Å². The fraction of sp³-hybridized carbons (Fsp3) is 0.333. The van der Waals surface area contributed by atoms with Crippen LogP contribution in [0.2, 0.25) is 0 Å². The molecule has 88 heavy (non-hydrogen) atoms. The Morgan fingerprint density at radius 3 is 0.636 bits per heavy atom. The van der Waals surface area contributed by atoms with Gasteiger partial charge in [-0.25, -0.2) is 0 Å². The van der Waals surface area contributed by atoms with Gasteiger partial charge in [0.25, 0.3) is 0 Å². The highest BCUT2D eigenvalue weighted by Gasteiger charge is 2.39. The molecule has 12 N–H and O–H groups in total. The van der Waals surface area contributed by atoms with Crippen LogP contribution in [-0.2, 0) is 78.5 Å². The number of nitrogens with one attached hydrogen (secondary N) is 4. The molecule has 0 unspecified atom stereocenters. The second-order valence-corrected chi connectivity index (χ2v) is 23.8. The van der Waals surface area contributed by atoms with Gasteiger partial charge in [-0.3, -0.25) is 0 Å². The zero-order valence-electron chi connectivity index (χ0n) is 50.7. The predicted octanol–water partition coefficient (Wildman–Crippen LogP) is 10.5. The summed E-state index contributed by atoms with van der Waals surface area (Å²) in [5.41, 5.74) is 44.9. The van der Waals surface area contributed by atoms with Crippen molar-refractivity contribution in [1.29, 1.82) is 0 Å². The largest absolute Gasteiger partial charge is 0.457 e. The minimum absolute atomic E-state index is 0.0823. The Balaban J connectivity index is 1.03. The monoisotopic (exact) mass is 1180 g/mol. The fourth-order valence-corrected chi connectivity index (χ4v) is 13.6. The van der Waals surface area contributed by atoms with E-state index in [9.17, 15) is 0 Å². The Morgan fingerprint density at radius 2 is 0.455 bits per heavy atom. The van der Waals surface area contributed by atoms with E-state index in [-0.39, 0.29) is 50.8 Å². The van der Waals surface area contributed by atoms with Gasteiger partial charge in [-0.1, -0.05) is 125 Å². The first-order valence-corrected chi connectivity index (χ1v) is 30.9. The molecule has 0 aromatic heterocycles. The smallest absolute Gasteiger partial charge is 0.230 e. The molecule has 8 aromatic carbocycles. The lowest BCUT2D eigenvalue weighted by molar-refractivity contribution is 0.0946. The number of rotatable bonds is 20. The highest BCUT2D eigenvalue weighted by molar-refractivity contribution is 5.69. The number of hydrogen-bond donors (Lipinski definition) is 8. The van der Waals surface area contributed by atoms with Crippen LogP contribution in [-0.4, -0.2) is 27.2 Å². The first kappa shape index (κ1) is 58.8. The molecular formula is C72H80N8O8. The molecule has 8 bridgehead atoms. The summed E-state index contributed by atoms with van der Waals surface area (Å²) in [5.74, 6) is 4.56. The minimum Gasteiger partial charge on any atom is -0.457 e. The van der Waals surface area contributed by atoms with Gasteiger partial charge < -0.3 is 82.1 Å². The van der Waals surface area contributed by atoms with Crippen LogP contribution in [0.1, 0.15) is 163 Å². The van der Waals surface area contributed by atoms with Crippen molar-refractivity contribution in [1.82, 2.24) is 21.3 Å². The Labute approximate surface area is 515 Å². The first-order chi connectivity index (χ1) is 43.1. The van der Waals surface area contributed by atoms with Crippen molar-refractivity contribution in [2.45, 2.75) is 130 Å². The molecule has 0 saturated heterocycles. The van der Waals surface area contributed by atoms with Gasteiger partial charge in [0.15, 0.2) is 0 Å². The molecule has 4 aliphatic heterocycles. The highest BCUT2D eigenvalue weighted by Crippen LogP contribution is 2.56. The van der Waals surface area contributed by atoms with Gasteiger partial charge in [-0.2, -0.15) is 0 Å². The molecule has 0 atom stereocenters. The normalized spacial score (nSPS) is 17.5. The Bertz CT molecular complexity index is 3290. The molecule has 0 radical (unpaired) electrons. The lowest BCUT2D eigenvalue weighted by atomic mass is 9.78. The van der Waals surface area contributed by atoms with Crippen LogP contribution in [0, 0.1) is 0 Å². The van der Waals surface area contributed by atoms with Gasteiger partial charge in [0.1, 0.15) is 46.0 Å². The van der Waals surface area contributed by atoms with Crippen molar-refractivity contribution in [3.05, 3.63) is 233 Å². The molecule has 0 saturated carbocycles. The third-order valence-electron chi connectivity index (χ3n) is 18.3. The second kappa shape index (κ2) is 25.9. The summed E-state index contributed by atoms with van der Waals surface area (Å²) in [6.45, 7) is 14.5. The van der Waals surface area contributed by atoms with Gasteiger partial charge in [0, 0.05) is 147 Å². The van der Waals surface area contributed by atoms with E-state index in [0.717, 1.165) is 111 Å². The lowest BCUT2D eigenvalue weighted by Gasteiger charge is -2.36. The third kappa shape index (κ3) is 11.5. The number of nitrogens with two attached hydrogens (primary N) is 4. The summed E-state index contributed by atoms with van der Waals surface area (Å²) < 4.78 is 56.1. The van der Waals surface area contributed by atoms with Gasteiger partial charge in [-0.05, 0) is 68.8 Å². The quantitative estimate of drug-likeness (QED) is 0.0355. The Kier molecular flexibility index (Phi) is 17.3. The van der Waals surface area contributed by atoms with Crippen LogP contribution in [0.3, 0.4) is 0 Å². The average Bonchev–Trinajstić information content (AvgIpc) is 0.924. The summed E-state index contributed by atoms with van der Waals surface area (Å²) in [6, 6.07) is 42.8. The number of hydrogen-bond acceptors (Lipinski definition) is 16. The standard InChI is InChI=1S/C72H80N8O8/c1-41-53-21-55-42(2)57-23-59-44(4)60-24-58-43(3)56-22-54(41)66-62(34-78-30-50-14-6-10-46(18-50)26-74)68(56)84-39-86-70(58)64(36-80-32-52-16-8-12-48(20-52)28-76)72(60)88-40-87-71(59)63(35-79-31-51-15-7-11-47(19-51)27-75)69(57)85-38-83-67(55)61(65(53)81-37-82-66)33-77-29-49-13-5-9-45(17-49)25-73/h5-24,41-44,77-80H,25-40,73-76H2,1-4H3. The van der Waals surface area contributed by atoms with Crippen molar-refractivity contribution >= 4 is 0 Å². The van der Waals surface area contributed by atoms with Crippen LogP contribution in [0.15, 0.2) is 121 Å². The second-order valence-electron chi connectivity index (χ2n) is 23.8. The van der Waals surface area contributed by atoms with E-state index in [1.54, 1.807) is 0 Å². The Morgan fingerprint density at radius 1 is 0.273 bits per heavy atom. The third-order valence-corrected chi connectivity index (χ3v) is 18.3. The molecule has 0 amide bonds. The van der Waals surface area contributed by atoms with Crippen molar-refractivity contribution in [2.24, 2.45) is 22.9 Å². The molecule has 456 valence electrons. The van der Waals surface area contributed by atoms with Gasteiger partial charge in [-0.15, -0.1) is 0 Å². The van der Waals surface area contributed by atoms with E-state index in [4.69, 9.17) is 60.8 Å². The molecule has 4 heterocycles. The number of ether oxygens (including phenoxy) is 8. The summed E-state index contributed by atoms with van der Waals surface area (Å²) in [4.78, 5) is 0. The molecule has 0 fully saturated rings.